The van der Waals surface area contributed by atoms with Crippen molar-refractivity contribution in [3.05, 3.63) is 41.7 Å². The van der Waals surface area contributed by atoms with Gasteiger partial charge in [0, 0.05) is 13.0 Å². The van der Waals surface area contributed by atoms with Gasteiger partial charge in [0.15, 0.2) is 17.7 Å². The van der Waals surface area contributed by atoms with E-state index in [2.05, 4.69) is 10.3 Å². The van der Waals surface area contributed by atoms with Crippen molar-refractivity contribution in [1.82, 2.24) is 15.0 Å². The van der Waals surface area contributed by atoms with E-state index in [-0.39, 0.29) is 19.4 Å². The average molecular weight is 299 g/mol. The van der Waals surface area contributed by atoms with E-state index in [1.54, 1.807) is 24.3 Å². The van der Waals surface area contributed by atoms with Crippen LogP contribution in [0.2, 0.25) is 0 Å². The number of hydrogen-bond acceptors (Lipinski definition) is 4. The first-order chi connectivity index (χ1) is 10.0. The van der Waals surface area contributed by atoms with Gasteiger partial charge in [-0.15, -0.1) is 5.10 Å². The lowest BCUT2D eigenvalue weighted by Gasteiger charge is -2.10. The largest absolute Gasteiger partial charge is 0.494 e. The van der Waals surface area contributed by atoms with Crippen molar-refractivity contribution in [3.63, 3.8) is 0 Å². The summed E-state index contributed by atoms with van der Waals surface area (Å²) in [5, 5.41) is 6.58. The Morgan fingerprint density at radius 2 is 1.95 bits per heavy atom. The van der Waals surface area contributed by atoms with E-state index in [1.807, 2.05) is 6.07 Å². The maximum Gasteiger partial charge on any atom is 0.435 e. The average Bonchev–Trinajstić information content (AvgIpc) is 2.88. The number of carbonyl (C=O) groups excluding carboxylic acids is 1. The Morgan fingerprint density at radius 1 is 1.24 bits per heavy atom. The Labute approximate surface area is 118 Å². The number of carbonyl (C=O) groups is 1. The summed E-state index contributed by atoms with van der Waals surface area (Å²) in [6, 6.07) is 8.93. The van der Waals surface area contributed by atoms with Crippen molar-refractivity contribution in [1.29, 1.82) is 0 Å². The van der Waals surface area contributed by atoms with Gasteiger partial charge in [0.25, 0.3) is 0 Å². The van der Waals surface area contributed by atoms with E-state index in [0.29, 0.717) is 16.9 Å². The topological polar surface area (TPSA) is 57.0 Å². The van der Waals surface area contributed by atoms with Crippen LogP contribution in [0.1, 0.15) is 22.6 Å². The number of halogens is 3. The molecule has 0 radical (unpaired) electrons. The second kappa shape index (κ2) is 6.38. The molecule has 0 aliphatic carbocycles. The van der Waals surface area contributed by atoms with E-state index in [0.717, 1.165) is 0 Å². The number of hydrogen-bond donors (Lipinski definition) is 0. The Hall–Kier alpha value is -2.38. The number of alkyl halides is 3. The van der Waals surface area contributed by atoms with E-state index in [9.17, 15) is 18.0 Å². The van der Waals surface area contributed by atoms with Gasteiger partial charge in [-0.05, 0) is 12.1 Å². The fourth-order valence-electron chi connectivity index (χ4n) is 1.77. The van der Waals surface area contributed by atoms with Gasteiger partial charge in [-0.25, -0.2) is 4.68 Å². The molecule has 0 aliphatic heterocycles. The molecule has 8 heteroatoms. The molecule has 0 spiro atoms. The standard InChI is InChI=1S/C13H12F3N3O2/c14-13(15,16)12-11(9-20)17-18-19(12)7-4-8-21-10-5-2-1-3-6-10/h1-3,5-6,9H,4,7-8H2. The summed E-state index contributed by atoms with van der Waals surface area (Å²) in [5.74, 6) is 0.640. The van der Waals surface area contributed by atoms with Crippen molar-refractivity contribution in [2.24, 2.45) is 0 Å². The zero-order valence-electron chi connectivity index (χ0n) is 10.9. The molecule has 112 valence electrons. The number of rotatable bonds is 6. The minimum absolute atomic E-state index is 0.0392. The van der Waals surface area contributed by atoms with Crippen LogP contribution in [0.5, 0.6) is 5.75 Å². The normalized spacial score (nSPS) is 11.4. The number of aryl methyl sites for hydroxylation is 1. The second-order valence-electron chi connectivity index (χ2n) is 4.18. The second-order valence-corrected chi connectivity index (χ2v) is 4.18. The summed E-state index contributed by atoms with van der Waals surface area (Å²) in [6.45, 7) is 0.195. The Bertz CT molecular complexity index is 596. The molecule has 5 nitrogen and oxygen atoms in total. The number of aromatic nitrogens is 3. The van der Waals surface area contributed by atoms with Crippen molar-refractivity contribution in [2.75, 3.05) is 6.61 Å². The monoisotopic (exact) mass is 299 g/mol. The number of benzene rings is 1. The third-order valence-corrected chi connectivity index (χ3v) is 2.67. The minimum Gasteiger partial charge on any atom is -0.494 e. The Balaban J connectivity index is 1.95. The van der Waals surface area contributed by atoms with Gasteiger partial charge in [-0.3, -0.25) is 4.79 Å². The highest BCUT2D eigenvalue weighted by molar-refractivity contribution is 5.73. The van der Waals surface area contributed by atoms with E-state index < -0.39 is 17.6 Å². The fraction of sp³-hybridized carbons (Fsp3) is 0.308. The molecular formula is C13H12F3N3O2. The molecule has 0 unspecified atom stereocenters. The van der Waals surface area contributed by atoms with Crippen LogP contribution in [0.15, 0.2) is 30.3 Å². The molecule has 0 N–H and O–H groups in total. The lowest BCUT2D eigenvalue weighted by Crippen LogP contribution is -2.17. The van der Waals surface area contributed by atoms with Crippen molar-refractivity contribution in [3.8, 4) is 5.75 Å². The summed E-state index contributed by atoms with van der Waals surface area (Å²) in [5.41, 5.74) is -1.83. The third-order valence-electron chi connectivity index (χ3n) is 2.67. The SMILES string of the molecule is O=Cc1nnn(CCCOc2ccccc2)c1C(F)(F)F. The van der Waals surface area contributed by atoms with E-state index in [1.165, 1.54) is 0 Å². The maximum atomic E-state index is 12.8. The first-order valence-electron chi connectivity index (χ1n) is 6.16. The quantitative estimate of drug-likeness (QED) is 0.607. The Kier molecular flexibility index (Phi) is 4.56. The van der Waals surface area contributed by atoms with Gasteiger partial charge >= 0.3 is 6.18 Å². The maximum absolute atomic E-state index is 12.8. The molecular weight excluding hydrogens is 287 g/mol. The van der Waals surface area contributed by atoms with Gasteiger partial charge < -0.3 is 4.74 Å². The molecule has 0 atom stereocenters. The fourth-order valence-corrected chi connectivity index (χ4v) is 1.77. The number of aldehydes is 1. The molecule has 1 aromatic heterocycles. The van der Waals surface area contributed by atoms with Crippen molar-refractivity contribution in [2.45, 2.75) is 19.1 Å². The molecule has 21 heavy (non-hydrogen) atoms. The predicted octanol–water partition coefficient (Wildman–Crippen LogP) is 2.58. The van der Waals surface area contributed by atoms with Gasteiger partial charge in [-0.1, -0.05) is 23.4 Å². The lowest BCUT2D eigenvalue weighted by molar-refractivity contribution is -0.144. The van der Waals surface area contributed by atoms with Crippen LogP contribution in [0, 0.1) is 0 Å². The molecule has 0 saturated heterocycles. The van der Waals surface area contributed by atoms with Crippen LogP contribution in [0.25, 0.3) is 0 Å². The summed E-state index contributed by atoms with van der Waals surface area (Å²) >= 11 is 0. The van der Waals surface area contributed by atoms with E-state index >= 15 is 0 Å². The summed E-state index contributed by atoms with van der Waals surface area (Å²) in [7, 11) is 0. The number of ether oxygens (including phenoxy) is 1. The molecule has 0 aliphatic rings. The predicted molar refractivity (Wildman–Crippen MR) is 67.0 cm³/mol. The lowest BCUT2D eigenvalue weighted by atomic mass is 10.3. The van der Waals surface area contributed by atoms with Crippen LogP contribution in [-0.4, -0.2) is 27.9 Å². The van der Waals surface area contributed by atoms with Crippen LogP contribution in [0.4, 0.5) is 13.2 Å². The smallest absolute Gasteiger partial charge is 0.435 e. The van der Waals surface area contributed by atoms with Gasteiger partial charge in [0.1, 0.15) is 5.75 Å². The first-order valence-corrected chi connectivity index (χ1v) is 6.16. The first kappa shape index (κ1) is 15.0. The van der Waals surface area contributed by atoms with Crippen LogP contribution in [0.3, 0.4) is 0 Å². The third kappa shape index (κ3) is 3.80. The minimum atomic E-state index is -4.67. The Morgan fingerprint density at radius 3 is 2.57 bits per heavy atom. The van der Waals surface area contributed by atoms with Crippen LogP contribution < -0.4 is 4.74 Å². The highest BCUT2D eigenvalue weighted by Crippen LogP contribution is 2.30. The van der Waals surface area contributed by atoms with Gasteiger partial charge in [-0.2, -0.15) is 13.2 Å². The summed E-state index contributed by atoms with van der Waals surface area (Å²) in [6.07, 6.45) is -4.31. The zero-order valence-corrected chi connectivity index (χ0v) is 10.9. The van der Waals surface area contributed by atoms with Crippen molar-refractivity contribution >= 4 is 6.29 Å². The van der Waals surface area contributed by atoms with E-state index in [4.69, 9.17) is 4.74 Å². The molecule has 1 heterocycles. The molecule has 0 saturated carbocycles. The molecule has 0 bridgehead atoms. The highest BCUT2D eigenvalue weighted by atomic mass is 19.4. The van der Waals surface area contributed by atoms with Gasteiger partial charge in [0.2, 0.25) is 0 Å². The zero-order chi connectivity index (χ0) is 15.3. The van der Waals surface area contributed by atoms with Crippen molar-refractivity contribution < 1.29 is 22.7 Å². The van der Waals surface area contributed by atoms with Crippen LogP contribution in [-0.2, 0) is 12.7 Å². The number of para-hydroxylation sites is 1. The van der Waals surface area contributed by atoms with Gasteiger partial charge in [0.05, 0.1) is 6.61 Å². The molecule has 0 fully saturated rings. The van der Waals surface area contributed by atoms with Crippen LogP contribution >= 0.6 is 0 Å². The molecule has 2 rings (SSSR count). The summed E-state index contributed by atoms with van der Waals surface area (Å²) < 4.78 is 44.5. The molecule has 2 aromatic rings. The highest BCUT2D eigenvalue weighted by Gasteiger charge is 2.39. The molecule has 1 aromatic carbocycles. The molecule has 0 amide bonds. The summed E-state index contributed by atoms with van der Waals surface area (Å²) in [4.78, 5) is 10.6. The number of nitrogens with zero attached hydrogens (tertiary/aromatic N) is 3.